The van der Waals surface area contributed by atoms with Crippen molar-refractivity contribution >= 4 is 17.2 Å². The van der Waals surface area contributed by atoms with Crippen LogP contribution < -0.4 is 4.74 Å². The number of ether oxygens (including phenoxy) is 1. The van der Waals surface area contributed by atoms with E-state index < -0.39 is 5.82 Å². The Morgan fingerprint density at radius 1 is 1.22 bits per heavy atom. The number of hydrogen-bond acceptors (Lipinski definition) is 1. The van der Waals surface area contributed by atoms with E-state index in [1.165, 1.54) is 57.6 Å². The van der Waals surface area contributed by atoms with Crippen LogP contribution in [-0.4, -0.2) is 7.11 Å². The number of halogens is 2. The van der Waals surface area contributed by atoms with Crippen molar-refractivity contribution in [2.75, 3.05) is 7.11 Å². The van der Waals surface area contributed by atoms with Crippen molar-refractivity contribution in [1.29, 1.82) is 0 Å². The normalized spacial score (nSPS) is 17.9. The quantitative estimate of drug-likeness (QED) is 0.462. The molecule has 3 heteroatoms. The van der Waals surface area contributed by atoms with Gasteiger partial charge in [0, 0.05) is 0 Å². The summed E-state index contributed by atoms with van der Waals surface area (Å²) in [6, 6.07) is 3.54. The average Bonchev–Trinajstić information content (AvgIpc) is 2.58. The smallest absolute Gasteiger partial charge is 0.184 e. The predicted octanol–water partition coefficient (Wildman–Crippen LogP) is 7.03. The van der Waals surface area contributed by atoms with E-state index in [-0.39, 0.29) is 10.8 Å². The van der Waals surface area contributed by atoms with Crippen LogP contribution in [0, 0.1) is 11.7 Å². The van der Waals surface area contributed by atoms with Crippen LogP contribution in [0.5, 0.6) is 5.75 Å². The molecule has 0 saturated heterocycles. The molecule has 0 saturated carbocycles. The minimum Gasteiger partial charge on any atom is -0.494 e. The molecular formula is C20H28ClFO. The Balaban J connectivity index is 1.90. The zero-order valence-electron chi connectivity index (χ0n) is 14.3. The van der Waals surface area contributed by atoms with Gasteiger partial charge in [0.2, 0.25) is 0 Å². The van der Waals surface area contributed by atoms with E-state index in [1.54, 1.807) is 6.07 Å². The molecule has 0 aromatic heterocycles. The predicted molar refractivity (Wildman–Crippen MR) is 96.7 cm³/mol. The molecule has 1 aliphatic rings. The van der Waals surface area contributed by atoms with E-state index in [1.807, 2.05) is 6.07 Å². The van der Waals surface area contributed by atoms with Gasteiger partial charge >= 0.3 is 0 Å². The molecule has 0 N–H and O–H groups in total. The summed E-state index contributed by atoms with van der Waals surface area (Å²) in [5.41, 5.74) is 2.00. The van der Waals surface area contributed by atoms with Crippen LogP contribution in [-0.2, 0) is 0 Å². The summed E-state index contributed by atoms with van der Waals surface area (Å²) in [5, 5.41) is 0.189. The van der Waals surface area contributed by atoms with Crippen molar-refractivity contribution in [1.82, 2.24) is 0 Å². The van der Waals surface area contributed by atoms with Crippen molar-refractivity contribution in [3.63, 3.8) is 0 Å². The van der Waals surface area contributed by atoms with Crippen molar-refractivity contribution in [3.8, 4) is 5.75 Å². The summed E-state index contributed by atoms with van der Waals surface area (Å²) < 4.78 is 19.1. The Morgan fingerprint density at radius 2 is 2.00 bits per heavy atom. The first-order valence-electron chi connectivity index (χ1n) is 8.88. The van der Waals surface area contributed by atoms with E-state index in [0.29, 0.717) is 0 Å². The van der Waals surface area contributed by atoms with Gasteiger partial charge < -0.3 is 4.74 Å². The zero-order valence-corrected chi connectivity index (χ0v) is 15.1. The molecule has 1 aliphatic carbocycles. The van der Waals surface area contributed by atoms with Crippen molar-refractivity contribution in [3.05, 3.63) is 34.6 Å². The monoisotopic (exact) mass is 338 g/mol. The largest absolute Gasteiger partial charge is 0.494 e. The Hall–Kier alpha value is -1.02. The van der Waals surface area contributed by atoms with Crippen molar-refractivity contribution < 1.29 is 9.13 Å². The molecule has 0 bridgehead atoms. The molecule has 23 heavy (non-hydrogen) atoms. The fourth-order valence-electron chi connectivity index (χ4n) is 3.37. The lowest BCUT2D eigenvalue weighted by Crippen LogP contribution is -2.06. The first kappa shape index (κ1) is 18.3. The number of rotatable bonds is 8. The highest BCUT2D eigenvalue weighted by Crippen LogP contribution is 2.38. The second-order valence-electron chi connectivity index (χ2n) is 6.52. The molecule has 1 unspecified atom stereocenters. The first-order chi connectivity index (χ1) is 11.2. The molecule has 0 spiro atoms. The Kier molecular flexibility index (Phi) is 7.42. The fraction of sp³-hybridized carbons (Fsp3) is 0.600. The van der Waals surface area contributed by atoms with Crippen LogP contribution in [0.15, 0.2) is 18.2 Å². The van der Waals surface area contributed by atoms with Gasteiger partial charge in [-0.1, -0.05) is 63.1 Å². The van der Waals surface area contributed by atoms with Crippen LogP contribution in [0.25, 0.3) is 5.57 Å². The molecule has 2 rings (SSSR count). The third-order valence-corrected chi connectivity index (χ3v) is 5.22. The Morgan fingerprint density at radius 3 is 2.65 bits per heavy atom. The van der Waals surface area contributed by atoms with Crippen molar-refractivity contribution in [2.45, 2.75) is 64.7 Å². The summed E-state index contributed by atoms with van der Waals surface area (Å²) in [5.74, 6) is 0.535. The fourth-order valence-corrected chi connectivity index (χ4v) is 3.65. The van der Waals surface area contributed by atoms with Gasteiger partial charge in [0.05, 0.1) is 12.1 Å². The standard InChI is InChI=1S/C20H28ClFO/c1-3-4-5-6-7-8-15-9-11-16(12-10-15)17-13-14-18(23-2)20(22)19(17)21/h11,13-15H,3-10,12H2,1-2H3. The number of hydrogen-bond donors (Lipinski definition) is 0. The number of unbranched alkanes of at least 4 members (excludes halogenated alkanes) is 4. The van der Waals surface area contributed by atoms with Gasteiger partial charge in [-0.3, -0.25) is 0 Å². The van der Waals surface area contributed by atoms with Gasteiger partial charge in [0.15, 0.2) is 11.6 Å². The molecule has 0 radical (unpaired) electrons. The van der Waals surface area contributed by atoms with E-state index in [4.69, 9.17) is 16.3 Å². The van der Waals surface area contributed by atoms with Crippen LogP contribution in [0.3, 0.4) is 0 Å². The van der Waals surface area contributed by atoms with Gasteiger partial charge in [-0.05, 0) is 48.4 Å². The minimum absolute atomic E-state index is 0.189. The highest BCUT2D eigenvalue weighted by Gasteiger charge is 2.19. The van der Waals surface area contributed by atoms with Gasteiger partial charge in [0.1, 0.15) is 0 Å². The summed E-state index contributed by atoms with van der Waals surface area (Å²) in [6.07, 6.45) is 13.6. The molecule has 0 amide bonds. The van der Waals surface area contributed by atoms with Gasteiger partial charge in [-0.15, -0.1) is 0 Å². The van der Waals surface area contributed by atoms with E-state index in [9.17, 15) is 4.39 Å². The third kappa shape index (κ3) is 4.97. The molecular weight excluding hydrogens is 311 g/mol. The summed E-state index contributed by atoms with van der Waals surface area (Å²) >= 11 is 6.18. The van der Waals surface area contributed by atoms with Crippen LogP contribution in [0.1, 0.15) is 70.3 Å². The minimum atomic E-state index is -0.453. The molecule has 0 aliphatic heterocycles. The lowest BCUT2D eigenvalue weighted by atomic mass is 9.84. The second-order valence-corrected chi connectivity index (χ2v) is 6.89. The zero-order chi connectivity index (χ0) is 16.7. The van der Waals surface area contributed by atoms with Crippen LogP contribution in [0.4, 0.5) is 4.39 Å². The summed E-state index contributed by atoms with van der Waals surface area (Å²) in [7, 11) is 1.46. The lowest BCUT2D eigenvalue weighted by Gasteiger charge is -2.23. The molecule has 0 heterocycles. The maximum atomic E-state index is 14.1. The van der Waals surface area contributed by atoms with E-state index in [2.05, 4.69) is 13.0 Å². The van der Waals surface area contributed by atoms with Crippen LogP contribution in [0.2, 0.25) is 5.02 Å². The van der Waals surface area contributed by atoms with Gasteiger partial charge in [-0.25, -0.2) is 4.39 Å². The molecule has 1 atom stereocenters. The third-order valence-electron chi connectivity index (χ3n) is 4.85. The van der Waals surface area contributed by atoms with Crippen molar-refractivity contribution in [2.24, 2.45) is 5.92 Å². The van der Waals surface area contributed by atoms with Gasteiger partial charge in [0.25, 0.3) is 0 Å². The average molecular weight is 339 g/mol. The molecule has 1 nitrogen and oxygen atoms in total. The Labute approximate surface area is 144 Å². The maximum Gasteiger partial charge on any atom is 0.184 e. The highest BCUT2D eigenvalue weighted by molar-refractivity contribution is 6.32. The SMILES string of the molecule is CCCCCCCC1CC=C(c2ccc(OC)c(F)c2Cl)CC1. The number of methoxy groups -OCH3 is 1. The van der Waals surface area contributed by atoms with E-state index >= 15 is 0 Å². The topological polar surface area (TPSA) is 9.23 Å². The molecule has 0 fully saturated rings. The molecule has 1 aromatic rings. The lowest BCUT2D eigenvalue weighted by molar-refractivity contribution is 0.386. The Bertz CT molecular complexity index is 539. The summed E-state index contributed by atoms with van der Waals surface area (Å²) in [6.45, 7) is 2.25. The molecule has 1 aromatic carbocycles. The van der Waals surface area contributed by atoms with E-state index in [0.717, 1.165) is 24.3 Å². The van der Waals surface area contributed by atoms with Gasteiger partial charge in [-0.2, -0.15) is 0 Å². The van der Waals surface area contributed by atoms with Crippen LogP contribution >= 0.6 is 11.6 Å². The first-order valence-corrected chi connectivity index (χ1v) is 9.26. The molecule has 128 valence electrons. The highest BCUT2D eigenvalue weighted by atomic mass is 35.5. The number of benzene rings is 1. The maximum absolute atomic E-state index is 14.1. The summed E-state index contributed by atoms with van der Waals surface area (Å²) in [4.78, 5) is 0. The second kappa shape index (κ2) is 9.32. The number of allylic oxidation sites excluding steroid dienone is 2.